The van der Waals surface area contributed by atoms with E-state index in [0.717, 1.165) is 32.5 Å². The zero-order valence-electron chi connectivity index (χ0n) is 6.95. The Kier molecular flexibility index (Phi) is 3.83. The molecular formula is C8H16O3. The van der Waals surface area contributed by atoms with Gasteiger partial charge in [-0.1, -0.05) is 0 Å². The third-order valence-electron chi connectivity index (χ3n) is 1.75. The molecule has 0 aromatic heterocycles. The van der Waals surface area contributed by atoms with Gasteiger partial charge in [0.2, 0.25) is 0 Å². The van der Waals surface area contributed by atoms with Crippen molar-refractivity contribution in [2.75, 3.05) is 13.2 Å². The monoisotopic (exact) mass is 160 g/mol. The summed E-state index contributed by atoms with van der Waals surface area (Å²) in [5.41, 5.74) is 0. The van der Waals surface area contributed by atoms with Crippen molar-refractivity contribution in [1.82, 2.24) is 0 Å². The molecule has 0 bridgehead atoms. The second kappa shape index (κ2) is 4.70. The second-order valence-electron chi connectivity index (χ2n) is 2.95. The Morgan fingerprint density at radius 2 is 2.09 bits per heavy atom. The first kappa shape index (κ1) is 8.97. The highest BCUT2D eigenvalue weighted by Crippen LogP contribution is 2.12. The van der Waals surface area contributed by atoms with Crippen LogP contribution in [0, 0.1) is 0 Å². The molecule has 3 heteroatoms. The van der Waals surface area contributed by atoms with Gasteiger partial charge in [0.15, 0.2) is 6.29 Å². The predicted octanol–water partition coefficient (Wildman–Crippen LogP) is 0.910. The van der Waals surface area contributed by atoms with Gasteiger partial charge in [-0.3, -0.25) is 0 Å². The van der Waals surface area contributed by atoms with E-state index in [9.17, 15) is 0 Å². The van der Waals surface area contributed by atoms with E-state index < -0.39 is 0 Å². The van der Waals surface area contributed by atoms with Gasteiger partial charge in [0.25, 0.3) is 0 Å². The van der Waals surface area contributed by atoms with Gasteiger partial charge in [0.05, 0.1) is 19.3 Å². The van der Waals surface area contributed by atoms with Gasteiger partial charge >= 0.3 is 0 Å². The fourth-order valence-corrected chi connectivity index (χ4v) is 1.15. The van der Waals surface area contributed by atoms with E-state index in [4.69, 9.17) is 14.6 Å². The van der Waals surface area contributed by atoms with Gasteiger partial charge in [-0.15, -0.1) is 0 Å². The van der Waals surface area contributed by atoms with Crippen LogP contribution in [0.2, 0.25) is 0 Å². The molecule has 1 atom stereocenters. The molecule has 0 aromatic carbocycles. The summed E-state index contributed by atoms with van der Waals surface area (Å²) < 4.78 is 10.5. The van der Waals surface area contributed by atoms with Crippen molar-refractivity contribution < 1.29 is 14.6 Å². The van der Waals surface area contributed by atoms with E-state index in [-0.39, 0.29) is 12.4 Å². The highest BCUT2D eigenvalue weighted by molar-refractivity contribution is 4.54. The lowest BCUT2D eigenvalue weighted by molar-refractivity contribution is -0.0491. The molecule has 1 heterocycles. The Balaban J connectivity index is 1.94. The van der Waals surface area contributed by atoms with Crippen molar-refractivity contribution in [3.8, 4) is 0 Å². The van der Waals surface area contributed by atoms with Gasteiger partial charge in [-0.25, -0.2) is 0 Å². The van der Waals surface area contributed by atoms with E-state index in [2.05, 4.69) is 0 Å². The molecule has 11 heavy (non-hydrogen) atoms. The quantitative estimate of drug-likeness (QED) is 0.664. The molecule has 0 amide bonds. The second-order valence-corrected chi connectivity index (χ2v) is 2.95. The summed E-state index contributed by atoms with van der Waals surface area (Å²) in [5, 5.41) is 8.94. The summed E-state index contributed by atoms with van der Waals surface area (Å²) in [4.78, 5) is 0. The third-order valence-corrected chi connectivity index (χ3v) is 1.75. The van der Waals surface area contributed by atoms with E-state index >= 15 is 0 Å². The van der Waals surface area contributed by atoms with Crippen molar-refractivity contribution >= 4 is 0 Å². The average Bonchev–Trinajstić information content (AvgIpc) is 2.39. The van der Waals surface area contributed by atoms with Crippen molar-refractivity contribution in [3.63, 3.8) is 0 Å². The molecule has 0 aliphatic carbocycles. The molecule has 0 aromatic rings. The lowest BCUT2D eigenvalue weighted by atomic mass is 10.2. The lowest BCUT2D eigenvalue weighted by Crippen LogP contribution is -2.08. The summed E-state index contributed by atoms with van der Waals surface area (Å²) >= 11 is 0. The summed E-state index contributed by atoms with van der Waals surface area (Å²) in [6.45, 7) is 3.25. The Hall–Kier alpha value is -0.120. The fraction of sp³-hybridized carbons (Fsp3) is 1.00. The number of hydrogen-bond donors (Lipinski definition) is 1. The number of aliphatic hydroxyl groups is 1. The topological polar surface area (TPSA) is 38.7 Å². The molecule has 0 radical (unpaired) electrons. The van der Waals surface area contributed by atoms with Crippen molar-refractivity contribution in [1.29, 1.82) is 0 Å². The average molecular weight is 160 g/mol. The Labute approximate surface area is 67.3 Å². The van der Waals surface area contributed by atoms with Gasteiger partial charge in [0, 0.05) is 0 Å². The number of ether oxygens (including phenoxy) is 2. The van der Waals surface area contributed by atoms with Crippen molar-refractivity contribution in [3.05, 3.63) is 0 Å². The molecule has 1 saturated heterocycles. The van der Waals surface area contributed by atoms with Crippen LogP contribution in [-0.4, -0.2) is 30.7 Å². The third kappa shape index (κ3) is 3.70. The van der Waals surface area contributed by atoms with Crippen LogP contribution in [0.25, 0.3) is 0 Å². The molecule has 1 fully saturated rings. The van der Waals surface area contributed by atoms with Crippen LogP contribution in [0.1, 0.15) is 26.2 Å². The van der Waals surface area contributed by atoms with E-state index in [0.29, 0.717) is 0 Å². The summed E-state index contributed by atoms with van der Waals surface area (Å²) in [6, 6.07) is 0. The summed E-state index contributed by atoms with van der Waals surface area (Å²) in [7, 11) is 0. The van der Waals surface area contributed by atoms with Crippen LogP contribution in [-0.2, 0) is 9.47 Å². The molecular weight excluding hydrogens is 144 g/mol. The minimum atomic E-state index is -0.198. The Bertz CT molecular complexity index is 97.5. The normalized spacial score (nSPS) is 22.4. The molecule has 0 unspecified atom stereocenters. The van der Waals surface area contributed by atoms with E-state index in [1.807, 2.05) is 0 Å². The van der Waals surface area contributed by atoms with Crippen molar-refractivity contribution in [2.45, 2.75) is 38.6 Å². The fourth-order valence-electron chi connectivity index (χ4n) is 1.15. The zero-order valence-corrected chi connectivity index (χ0v) is 6.95. The summed E-state index contributed by atoms with van der Waals surface area (Å²) in [5.74, 6) is 0. The molecule has 0 spiro atoms. The van der Waals surface area contributed by atoms with Crippen LogP contribution in [0.15, 0.2) is 0 Å². The standard InChI is InChI=1S/C8H16O3/c1-7(9)3-2-4-8-10-5-6-11-8/h7-9H,2-6H2,1H3/t7-/m0/s1. The van der Waals surface area contributed by atoms with Gasteiger partial charge < -0.3 is 14.6 Å². The lowest BCUT2D eigenvalue weighted by Gasteiger charge is -2.08. The molecule has 1 aliphatic rings. The van der Waals surface area contributed by atoms with E-state index in [1.165, 1.54) is 0 Å². The molecule has 1 aliphatic heterocycles. The number of rotatable bonds is 4. The predicted molar refractivity (Wildman–Crippen MR) is 41.2 cm³/mol. The van der Waals surface area contributed by atoms with Gasteiger partial charge in [-0.2, -0.15) is 0 Å². The van der Waals surface area contributed by atoms with Crippen molar-refractivity contribution in [2.24, 2.45) is 0 Å². The first-order valence-corrected chi connectivity index (χ1v) is 4.20. The van der Waals surface area contributed by atoms with Crippen LogP contribution in [0.4, 0.5) is 0 Å². The minimum Gasteiger partial charge on any atom is -0.393 e. The first-order valence-electron chi connectivity index (χ1n) is 4.20. The Morgan fingerprint density at radius 1 is 1.45 bits per heavy atom. The number of aliphatic hydroxyl groups excluding tert-OH is 1. The molecule has 0 saturated carbocycles. The van der Waals surface area contributed by atoms with Gasteiger partial charge in [0.1, 0.15) is 0 Å². The maximum atomic E-state index is 8.94. The maximum Gasteiger partial charge on any atom is 0.157 e. The molecule has 66 valence electrons. The molecule has 1 N–H and O–H groups in total. The largest absolute Gasteiger partial charge is 0.393 e. The zero-order chi connectivity index (χ0) is 8.10. The number of hydrogen-bond acceptors (Lipinski definition) is 3. The SMILES string of the molecule is C[C@H](O)CCCC1OCCO1. The molecule has 1 rings (SSSR count). The van der Waals surface area contributed by atoms with Crippen LogP contribution in [0.5, 0.6) is 0 Å². The minimum absolute atomic E-state index is 0.00579. The highest BCUT2D eigenvalue weighted by atomic mass is 16.7. The first-order chi connectivity index (χ1) is 5.29. The van der Waals surface area contributed by atoms with Gasteiger partial charge in [-0.05, 0) is 26.2 Å². The Morgan fingerprint density at radius 3 is 2.64 bits per heavy atom. The highest BCUT2D eigenvalue weighted by Gasteiger charge is 2.14. The van der Waals surface area contributed by atoms with Crippen LogP contribution < -0.4 is 0 Å². The molecule has 3 nitrogen and oxygen atoms in total. The van der Waals surface area contributed by atoms with Crippen LogP contribution >= 0.6 is 0 Å². The van der Waals surface area contributed by atoms with Crippen LogP contribution in [0.3, 0.4) is 0 Å². The maximum absolute atomic E-state index is 8.94. The smallest absolute Gasteiger partial charge is 0.157 e. The van der Waals surface area contributed by atoms with E-state index in [1.54, 1.807) is 6.92 Å². The summed E-state index contributed by atoms with van der Waals surface area (Å²) in [6.07, 6.45) is 2.52.